The lowest BCUT2D eigenvalue weighted by molar-refractivity contribution is 0.0947. The van der Waals surface area contributed by atoms with Crippen LogP contribution in [0.3, 0.4) is 0 Å². The second kappa shape index (κ2) is 56.3. The number of benzene rings is 8. The SMILES string of the molecule is CC#N.CC(=N)N.CC(=N)N.CCNC(=O)c1ccccc1.CCNC(=O)c1ccccc1.CCNC(=O)c1ccccc1.CCNC(=O)c1ccccc1.[C-]#[N+]C.c1ccc(OCOc2ccccc2)cc1.c1ccc(OCOc2ccccc2)cc1. The van der Waals surface area contributed by atoms with Crippen molar-refractivity contribution in [2.24, 2.45) is 11.5 Å². The zero-order valence-corrected chi connectivity index (χ0v) is 51.7. The Hall–Kier alpha value is -11.2. The van der Waals surface area contributed by atoms with Crippen LogP contribution in [0.25, 0.3) is 4.85 Å². The average Bonchev–Trinajstić information content (AvgIpc) is 3.60. The molecule has 8 rings (SSSR count). The number of hydrogen-bond acceptors (Lipinski definition) is 11. The largest absolute Gasteiger partial charge is 0.458 e. The van der Waals surface area contributed by atoms with Gasteiger partial charge >= 0.3 is 0 Å². The van der Waals surface area contributed by atoms with Crippen molar-refractivity contribution in [3.63, 3.8) is 0 Å². The first-order chi connectivity index (χ1) is 42.6. The molecule has 0 heterocycles. The molecule has 0 bridgehead atoms. The molecule has 0 unspecified atom stereocenters. The van der Waals surface area contributed by atoms with E-state index in [2.05, 4.69) is 26.1 Å². The van der Waals surface area contributed by atoms with Crippen molar-refractivity contribution in [1.82, 2.24) is 21.3 Å². The van der Waals surface area contributed by atoms with Crippen LogP contribution >= 0.6 is 0 Å². The Morgan fingerprint density at radius 1 is 0.398 bits per heavy atom. The maximum atomic E-state index is 11.1. The predicted octanol–water partition coefficient (Wildman–Crippen LogP) is 12.9. The predicted molar refractivity (Wildman–Crippen MR) is 355 cm³/mol. The second-order valence-electron chi connectivity index (χ2n) is 16.8. The van der Waals surface area contributed by atoms with Gasteiger partial charge in [0.1, 0.15) is 23.0 Å². The van der Waals surface area contributed by atoms with Crippen molar-refractivity contribution in [3.05, 3.63) is 276 Å². The summed E-state index contributed by atoms with van der Waals surface area (Å²) in [7, 11) is 1.42. The Kier molecular flexibility index (Phi) is 50.4. The maximum absolute atomic E-state index is 11.1. The van der Waals surface area contributed by atoms with Gasteiger partial charge in [0, 0.05) is 55.4 Å². The van der Waals surface area contributed by atoms with Gasteiger partial charge in [-0.05, 0) is 139 Å². The smallest absolute Gasteiger partial charge is 0.251 e. The monoisotopic (exact) mass is 1190 g/mol. The lowest BCUT2D eigenvalue weighted by Crippen LogP contribution is -2.22. The summed E-state index contributed by atoms with van der Waals surface area (Å²) in [5, 5.41) is 30.8. The van der Waals surface area contributed by atoms with Crippen LogP contribution in [-0.4, -0.2) is 82.1 Å². The van der Waals surface area contributed by atoms with Gasteiger partial charge in [-0.25, -0.2) is 6.57 Å². The van der Waals surface area contributed by atoms with Crippen molar-refractivity contribution in [2.75, 3.05) is 46.8 Å². The van der Waals surface area contributed by atoms with Crippen LogP contribution in [-0.2, 0) is 0 Å². The van der Waals surface area contributed by atoms with Crippen LogP contribution in [0.2, 0.25) is 0 Å². The van der Waals surface area contributed by atoms with Gasteiger partial charge in [0.25, 0.3) is 23.6 Å². The van der Waals surface area contributed by atoms with E-state index in [-0.39, 0.29) is 48.9 Å². The third kappa shape index (κ3) is 47.3. The second-order valence-corrected chi connectivity index (χ2v) is 16.8. The number of hydrogen-bond donors (Lipinski definition) is 8. The minimum absolute atomic E-state index is 0.00639. The summed E-state index contributed by atoms with van der Waals surface area (Å²) < 4.78 is 21.6. The number of carbonyl (C=O) groups is 4. The van der Waals surface area contributed by atoms with Crippen molar-refractivity contribution in [1.29, 1.82) is 16.1 Å². The van der Waals surface area contributed by atoms with Gasteiger partial charge in [-0.3, -0.25) is 30.0 Å². The van der Waals surface area contributed by atoms with Crippen molar-refractivity contribution >= 4 is 35.3 Å². The number of rotatable bonds is 16. The molecule has 0 saturated heterocycles. The Morgan fingerprint density at radius 3 is 0.648 bits per heavy atom. The first kappa shape index (κ1) is 78.8. The summed E-state index contributed by atoms with van der Waals surface area (Å²) in [6.07, 6.45) is 0. The molecule has 8 aromatic rings. The number of carbonyl (C=O) groups excluding carboxylic acids is 4. The highest BCUT2D eigenvalue weighted by Crippen LogP contribution is 2.13. The van der Waals surface area contributed by atoms with Crippen LogP contribution in [0.15, 0.2) is 243 Å². The molecule has 18 nitrogen and oxygen atoms in total. The highest BCUT2D eigenvalue weighted by molar-refractivity contribution is 5.95. The highest BCUT2D eigenvalue weighted by atomic mass is 16.7. The third-order valence-electron chi connectivity index (χ3n) is 9.37. The molecule has 0 aliphatic heterocycles. The number of nitrogens with zero attached hydrogens (tertiary/aromatic N) is 2. The quantitative estimate of drug-likeness (QED) is 0.0195. The number of nitrogens with two attached hydrogens (primary N) is 2. The molecular formula is C70H86N10O8. The summed E-state index contributed by atoms with van der Waals surface area (Å²) in [6.45, 7) is 21.1. The van der Waals surface area contributed by atoms with Crippen molar-refractivity contribution < 1.29 is 38.1 Å². The summed E-state index contributed by atoms with van der Waals surface area (Å²) in [4.78, 5) is 47.3. The molecule has 4 amide bonds. The summed E-state index contributed by atoms with van der Waals surface area (Å²) in [6, 6.07) is 76.9. The fourth-order valence-electron chi connectivity index (χ4n) is 5.81. The lowest BCUT2D eigenvalue weighted by atomic mass is 10.2. The van der Waals surface area contributed by atoms with Gasteiger partial charge in [-0.1, -0.05) is 146 Å². The molecule has 18 heteroatoms. The topological polar surface area (TPSA) is 281 Å². The van der Waals surface area contributed by atoms with Gasteiger partial charge in [-0.2, -0.15) is 5.26 Å². The van der Waals surface area contributed by atoms with Crippen molar-refractivity contribution in [3.8, 4) is 29.1 Å². The molecule has 0 saturated carbocycles. The highest BCUT2D eigenvalue weighted by Gasteiger charge is 2.03. The molecule has 0 aromatic heterocycles. The number of para-hydroxylation sites is 4. The summed E-state index contributed by atoms with van der Waals surface area (Å²) >= 11 is 0. The van der Waals surface area contributed by atoms with E-state index in [9.17, 15) is 19.2 Å². The van der Waals surface area contributed by atoms with E-state index in [0.29, 0.717) is 48.4 Å². The number of nitriles is 1. The maximum Gasteiger partial charge on any atom is 0.251 e. The average molecular weight is 1200 g/mol. The van der Waals surface area contributed by atoms with E-state index < -0.39 is 0 Å². The first-order valence-corrected chi connectivity index (χ1v) is 27.8. The summed E-state index contributed by atoms with van der Waals surface area (Å²) in [5.41, 5.74) is 12.3. The standard InChI is InChI=1S/2C13H12O2.4C9H11NO.2C2H6N2.2C2H3N/c2*1-3-7-12(8-4-1)14-11-15-13-9-5-2-6-10-13;4*1-2-10-9(11)8-6-4-3-5-7-8;2*1-2(3)4;1-3-2;1-2-3/h2*1-10H,11H2;4*3-7H,2H2,1H3,(H,10,11);2*1H3,(H3,3,4);2*1H3. The van der Waals surface area contributed by atoms with Crippen LogP contribution < -0.4 is 51.7 Å². The molecule has 8 aromatic carbocycles. The van der Waals surface area contributed by atoms with Crippen LogP contribution in [0.4, 0.5) is 0 Å². The van der Waals surface area contributed by atoms with E-state index in [1.165, 1.54) is 27.8 Å². The van der Waals surface area contributed by atoms with Gasteiger partial charge in [-0.15, -0.1) is 0 Å². The van der Waals surface area contributed by atoms with Gasteiger partial charge in [0.2, 0.25) is 20.6 Å². The number of amides is 4. The van der Waals surface area contributed by atoms with E-state index >= 15 is 0 Å². The molecule has 0 aliphatic rings. The van der Waals surface area contributed by atoms with Crippen LogP contribution in [0, 0.1) is 28.7 Å². The molecule has 0 aliphatic carbocycles. The van der Waals surface area contributed by atoms with Gasteiger partial charge in [0.05, 0.1) is 17.7 Å². The van der Waals surface area contributed by atoms with Crippen LogP contribution in [0.5, 0.6) is 23.0 Å². The Bertz CT molecular complexity index is 2680. The number of amidine groups is 2. The zero-order valence-electron chi connectivity index (χ0n) is 51.7. The third-order valence-corrected chi connectivity index (χ3v) is 9.37. The Balaban J connectivity index is 0. The van der Waals surface area contributed by atoms with Gasteiger partial charge < -0.3 is 56.5 Å². The minimum Gasteiger partial charge on any atom is -0.458 e. The van der Waals surface area contributed by atoms with E-state index in [4.69, 9.17) is 53.1 Å². The molecule has 88 heavy (non-hydrogen) atoms. The fourth-order valence-corrected chi connectivity index (χ4v) is 5.81. The molecule has 0 radical (unpaired) electrons. The van der Waals surface area contributed by atoms with Crippen LogP contribution in [0.1, 0.15) is 89.9 Å². The molecule has 0 atom stereocenters. The molecule has 464 valence electrons. The van der Waals surface area contributed by atoms with E-state index in [1.54, 1.807) is 54.6 Å². The molecule has 0 fully saturated rings. The lowest BCUT2D eigenvalue weighted by Gasteiger charge is -2.07. The summed E-state index contributed by atoms with van der Waals surface area (Å²) in [5.74, 6) is 3.56. The Labute approximate surface area is 520 Å². The fraction of sp³-hybridized carbons (Fsp3) is 0.200. The van der Waals surface area contributed by atoms with Crippen molar-refractivity contribution in [2.45, 2.75) is 48.5 Å². The van der Waals surface area contributed by atoms with Gasteiger partial charge in [0.15, 0.2) is 0 Å². The zero-order chi connectivity index (χ0) is 65.7. The first-order valence-electron chi connectivity index (χ1n) is 27.8. The number of ether oxygens (including phenoxy) is 4. The minimum atomic E-state index is -0.00639. The molecule has 10 N–H and O–H groups in total. The Morgan fingerprint density at radius 2 is 0.523 bits per heavy atom. The normalized spacial score (nSPS) is 8.61. The van der Waals surface area contributed by atoms with E-state index in [0.717, 1.165) is 23.0 Å². The molecular weight excluding hydrogens is 1110 g/mol. The molecule has 0 spiro atoms. The number of nitrogens with one attached hydrogen (secondary N) is 6. The van der Waals surface area contributed by atoms with E-state index in [1.807, 2.05) is 222 Å².